The van der Waals surface area contributed by atoms with Gasteiger partial charge in [0.1, 0.15) is 11.9 Å². The number of carbonyl (C=O) groups is 3. The van der Waals surface area contributed by atoms with Crippen LogP contribution in [0.2, 0.25) is 0 Å². The number of hydrogen-bond donors (Lipinski definition) is 0. The molecule has 7 atom stereocenters. The van der Waals surface area contributed by atoms with Crippen LogP contribution in [0.5, 0.6) is 0 Å². The van der Waals surface area contributed by atoms with Gasteiger partial charge in [0.2, 0.25) is 0 Å². The van der Waals surface area contributed by atoms with Crippen LogP contribution in [0.1, 0.15) is 58.8 Å². The highest BCUT2D eigenvalue weighted by atomic mass is 16.5. The van der Waals surface area contributed by atoms with Gasteiger partial charge in [-0.1, -0.05) is 18.6 Å². The third-order valence-electron chi connectivity index (χ3n) is 7.97. The van der Waals surface area contributed by atoms with Gasteiger partial charge >= 0.3 is 11.9 Å². The molecule has 3 saturated carbocycles. The van der Waals surface area contributed by atoms with Crippen molar-refractivity contribution in [2.45, 2.75) is 64.9 Å². The molecule has 0 saturated heterocycles. The summed E-state index contributed by atoms with van der Waals surface area (Å²) in [6.45, 7) is 3.70. The summed E-state index contributed by atoms with van der Waals surface area (Å²) in [5.74, 6) is 0.833. The van der Waals surface area contributed by atoms with Crippen LogP contribution in [0.15, 0.2) is 11.6 Å². The lowest BCUT2D eigenvalue weighted by molar-refractivity contribution is -0.153. The Balaban J connectivity index is 1.59. The van der Waals surface area contributed by atoms with Crippen LogP contribution in [0.3, 0.4) is 0 Å². The molecular weight excluding hydrogens is 344 g/mol. The summed E-state index contributed by atoms with van der Waals surface area (Å²) in [7, 11) is 1.45. The number of ether oxygens (including phenoxy) is 2. The number of carbonyl (C=O) groups excluding carboxylic acids is 3. The molecule has 0 spiro atoms. The highest BCUT2D eigenvalue weighted by Crippen LogP contribution is 2.61. The summed E-state index contributed by atoms with van der Waals surface area (Å²) in [6, 6.07) is 0. The summed E-state index contributed by atoms with van der Waals surface area (Å²) < 4.78 is 10.5. The van der Waals surface area contributed by atoms with E-state index in [0.29, 0.717) is 24.0 Å². The average Bonchev–Trinajstić information content (AvgIpc) is 3.04. The minimum atomic E-state index is -0.228. The van der Waals surface area contributed by atoms with Gasteiger partial charge in [-0.2, -0.15) is 0 Å². The number of rotatable bonds is 2. The smallest absolute Gasteiger partial charge is 0.308 e. The van der Waals surface area contributed by atoms with E-state index < -0.39 is 0 Å². The van der Waals surface area contributed by atoms with Gasteiger partial charge in [0.15, 0.2) is 0 Å². The summed E-state index contributed by atoms with van der Waals surface area (Å²) in [5.41, 5.74) is 1.18. The SMILES string of the molecule is COC(=O)[C@@H]1CC[C@H]2[C@H]3CC=C4C[C@@H](OC(C)=O)CC[C@@]4(C)[C@@H]3C(=O)C[C@@H]21. The van der Waals surface area contributed by atoms with E-state index in [1.807, 2.05) is 0 Å². The molecule has 3 fully saturated rings. The number of fused-ring (bicyclic) bond motifs is 5. The van der Waals surface area contributed by atoms with Gasteiger partial charge in [-0.25, -0.2) is 0 Å². The standard InChI is InChI=1S/C22H30O5/c1-12(23)27-14-8-9-22(2)13(10-14)4-5-16-15-6-7-17(21(25)26-3)18(15)11-19(24)20(16)22/h4,14-18,20H,5-11H2,1-3H3/t14-,15-,16+,17+,18-,20-,22+/m0/s1. The Morgan fingerprint density at radius 2 is 1.89 bits per heavy atom. The molecule has 0 N–H and O–H groups in total. The maximum Gasteiger partial charge on any atom is 0.308 e. The van der Waals surface area contributed by atoms with E-state index in [0.717, 1.165) is 38.5 Å². The van der Waals surface area contributed by atoms with Crippen molar-refractivity contribution in [2.24, 2.45) is 35.0 Å². The van der Waals surface area contributed by atoms with Crippen LogP contribution in [0.25, 0.3) is 0 Å². The molecular formula is C22H30O5. The van der Waals surface area contributed by atoms with Crippen molar-refractivity contribution in [3.05, 3.63) is 11.6 Å². The molecule has 0 aromatic heterocycles. The van der Waals surface area contributed by atoms with Gasteiger partial charge in [0.05, 0.1) is 13.0 Å². The zero-order valence-electron chi connectivity index (χ0n) is 16.5. The Kier molecular flexibility index (Phi) is 4.68. The molecule has 0 aromatic rings. The molecule has 4 aliphatic carbocycles. The van der Waals surface area contributed by atoms with E-state index in [4.69, 9.17) is 9.47 Å². The second kappa shape index (κ2) is 6.75. The third-order valence-corrected chi connectivity index (χ3v) is 7.97. The lowest BCUT2D eigenvalue weighted by atomic mass is 9.50. The highest BCUT2D eigenvalue weighted by Gasteiger charge is 2.58. The van der Waals surface area contributed by atoms with E-state index in [-0.39, 0.29) is 41.2 Å². The van der Waals surface area contributed by atoms with Crippen molar-refractivity contribution in [3.8, 4) is 0 Å². The second-order valence-electron chi connectivity index (χ2n) is 9.20. The topological polar surface area (TPSA) is 69.7 Å². The minimum Gasteiger partial charge on any atom is -0.469 e. The zero-order chi connectivity index (χ0) is 19.3. The first-order valence-corrected chi connectivity index (χ1v) is 10.3. The number of ketones is 1. The van der Waals surface area contributed by atoms with Crippen molar-refractivity contribution in [2.75, 3.05) is 7.11 Å². The van der Waals surface area contributed by atoms with Crippen LogP contribution in [0.4, 0.5) is 0 Å². The Hall–Kier alpha value is -1.65. The Morgan fingerprint density at radius 3 is 2.59 bits per heavy atom. The van der Waals surface area contributed by atoms with Gasteiger partial charge in [-0.3, -0.25) is 14.4 Å². The van der Waals surface area contributed by atoms with Crippen molar-refractivity contribution < 1.29 is 23.9 Å². The second-order valence-corrected chi connectivity index (χ2v) is 9.20. The van der Waals surface area contributed by atoms with Crippen LogP contribution in [0, 0.1) is 35.0 Å². The summed E-state index contributed by atoms with van der Waals surface area (Å²) in [6.07, 6.45) is 8.02. The highest BCUT2D eigenvalue weighted by molar-refractivity contribution is 5.85. The van der Waals surface area contributed by atoms with Crippen LogP contribution >= 0.6 is 0 Å². The molecule has 0 aliphatic heterocycles. The zero-order valence-corrected chi connectivity index (χ0v) is 16.5. The lowest BCUT2D eigenvalue weighted by Gasteiger charge is -2.54. The van der Waals surface area contributed by atoms with Crippen molar-refractivity contribution in [3.63, 3.8) is 0 Å². The van der Waals surface area contributed by atoms with Crippen LogP contribution < -0.4 is 0 Å². The van der Waals surface area contributed by atoms with E-state index in [2.05, 4.69) is 13.0 Å². The first kappa shape index (κ1) is 18.7. The third kappa shape index (κ3) is 2.94. The first-order valence-electron chi connectivity index (χ1n) is 10.3. The fourth-order valence-corrected chi connectivity index (χ4v) is 6.84. The number of methoxy groups -OCH3 is 1. The predicted molar refractivity (Wildman–Crippen MR) is 98.5 cm³/mol. The van der Waals surface area contributed by atoms with E-state index in [9.17, 15) is 14.4 Å². The van der Waals surface area contributed by atoms with Gasteiger partial charge < -0.3 is 9.47 Å². The van der Waals surface area contributed by atoms with Gasteiger partial charge in [-0.05, 0) is 55.3 Å². The van der Waals surface area contributed by atoms with Crippen molar-refractivity contribution in [1.82, 2.24) is 0 Å². The fraction of sp³-hybridized carbons (Fsp3) is 0.773. The minimum absolute atomic E-state index is 0.0495. The van der Waals surface area contributed by atoms with Crippen molar-refractivity contribution >= 4 is 17.7 Å². The molecule has 0 aromatic carbocycles. The fourth-order valence-electron chi connectivity index (χ4n) is 6.84. The Bertz CT molecular complexity index is 695. The molecule has 5 nitrogen and oxygen atoms in total. The predicted octanol–water partition coefficient (Wildman–Crippen LogP) is 3.46. The van der Waals surface area contributed by atoms with Gasteiger partial charge in [0.25, 0.3) is 0 Å². The first-order chi connectivity index (χ1) is 12.8. The molecule has 0 heterocycles. The van der Waals surface area contributed by atoms with E-state index in [1.165, 1.54) is 19.6 Å². The molecule has 27 heavy (non-hydrogen) atoms. The molecule has 0 radical (unpaired) electrons. The van der Waals surface area contributed by atoms with Crippen molar-refractivity contribution in [1.29, 1.82) is 0 Å². The Morgan fingerprint density at radius 1 is 1.11 bits per heavy atom. The largest absolute Gasteiger partial charge is 0.469 e. The molecule has 5 heteroatoms. The summed E-state index contributed by atoms with van der Waals surface area (Å²) in [5, 5.41) is 0. The number of hydrogen-bond acceptors (Lipinski definition) is 5. The maximum absolute atomic E-state index is 13.3. The lowest BCUT2D eigenvalue weighted by Crippen LogP contribution is -2.52. The quantitative estimate of drug-likeness (QED) is 0.547. The maximum atomic E-state index is 13.3. The number of Topliss-reactive ketones (excluding diaryl/α,β-unsaturated/α-hetero) is 1. The number of allylic oxidation sites excluding steroid dienone is 1. The van der Waals surface area contributed by atoms with Gasteiger partial charge in [-0.15, -0.1) is 0 Å². The molecule has 0 amide bonds. The van der Waals surface area contributed by atoms with Crippen LogP contribution in [-0.4, -0.2) is 30.9 Å². The molecule has 148 valence electrons. The van der Waals surface area contributed by atoms with Gasteiger partial charge in [0, 0.05) is 25.7 Å². The van der Waals surface area contributed by atoms with E-state index >= 15 is 0 Å². The molecule has 4 aliphatic rings. The molecule has 0 bridgehead atoms. The Labute approximate surface area is 160 Å². The van der Waals surface area contributed by atoms with E-state index in [1.54, 1.807) is 0 Å². The monoisotopic (exact) mass is 374 g/mol. The summed E-state index contributed by atoms with van der Waals surface area (Å²) >= 11 is 0. The van der Waals surface area contributed by atoms with Crippen LogP contribution in [-0.2, 0) is 23.9 Å². The molecule has 0 unspecified atom stereocenters. The summed E-state index contributed by atoms with van der Waals surface area (Å²) in [4.78, 5) is 36.8. The normalized spacial score (nSPS) is 43.1. The number of esters is 2. The average molecular weight is 374 g/mol. The molecule has 4 rings (SSSR count).